The molecule has 0 fully saturated rings. The molecule has 2 aliphatic rings. The van der Waals surface area contributed by atoms with Gasteiger partial charge in [0, 0.05) is 32.7 Å². The van der Waals surface area contributed by atoms with E-state index in [1.165, 1.54) is 224 Å². The number of furan rings is 1. The van der Waals surface area contributed by atoms with Crippen LogP contribution in [-0.4, -0.2) is 0 Å². The van der Waals surface area contributed by atoms with Gasteiger partial charge in [0.05, 0.1) is 0 Å². The molecule has 0 radical (unpaired) electrons. The van der Waals surface area contributed by atoms with Gasteiger partial charge in [0.2, 0.25) is 0 Å². The quantitative estimate of drug-likeness (QED) is 0.119. The van der Waals surface area contributed by atoms with E-state index in [1.807, 2.05) is 6.07 Å². The molecule has 0 bridgehead atoms. The van der Waals surface area contributed by atoms with Crippen LogP contribution in [0.15, 0.2) is 393 Å². The molecular weight excluding hydrogens is 1410 g/mol. The molecule has 546 valence electrons. The second-order valence-electron chi connectivity index (χ2n) is 33.4. The SMILES string of the molecule is CC1(C)c2c(-c3ccc(-c4c5ccccc5c(-c5cccc6c5oc5ccccc56)c5ccccc45)cc3)cccc2-c2c1c1ccccc1c1ccccc21.CC1(C)c2c(-c3cccc(-c4c5ccccc5c(-c5cc6ccc7ccccc7c6c6ccccc56)c5ccccc45)c3)cccc2-c2c1c1ccccc1c1ccccc21. The van der Waals surface area contributed by atoms with E-state index in [2.05, 4.69) is 410 Å². The first-order valence-corrected chi connectivity index (χ1v) is 41.1. The van der Waals surface area contributed by atoms with Crippen LogP contribution in [0.2, 0.25) is 0 Å². The summed E-state index contributed by atoms with van der Waals surface area (Å²) < 4.78 is 6.61. The third kappa shape index (κ3) is 9.72. The number of rotatable bonds is 6. The summed E-state index contributed by atoms with van der Waals surface area (Å²) in [6.45, 7) is 9.71. The Hall–Kier alpha value is -14.5. The normalized spacial score (nSPS) is 13.3. The van der Waals surface area contributed by atoms with Crippen molar-refractivity contribution in [3.63, 3.8) is 0 Å². The van der Waals surface area contributed by atoms with Gasteiger partial charge in [-0.2, -0.15) is 0 Å². The highest BCUT2D eigenvalue weighted by Gasteiger charge is 2.42. The second kappa shape index (κ2) is 25.5. The zero-order valence-electron chi connectivity index (χ0n) is 65.4. The Morgan fingerprint density at radius 3 is 1.03 bits per heavy atom. The van der Waals surface area contributed by atoms with E-state index in [9.17, 15) is 0 Å². The van der Waals surface area contributed by atoms with E-state index in [0.717, 1.165) is 27.5 Å². The summed E-state index contributed by atoms with van der Waals surface area (Å²) in [6.07, 6.45) is 0. The minimum atomic E-state index is -0.211. The van der Waals surface area contributed by atoms with E-state index in [4.69, 9.17) is 4.42 Å². The lowest BCUT2D eigenvalue weighted by Crippen LogP contribution is -2.17. The zero-order valence-corrected chi connectivity index (χ0v) is 65.4. The van der Waals surface area contributed by atoms with Gasteiger partial charge >= 0.3 is 0 Å². The molecule has 0 N–H and O–H groups in total. The lowest BCUT2D eigenvalue weighted by Gasteiger charge is -2.26. The molecule has 0 saturated heterocycles. The number of hydrogen-bond donors (Lipinski definition) is 0. The van der Waals surface area contributed by atoms with Crippen LogP contribution < -0.4 is 0 Å². The van der Waals surface area contributed by atoms with Crippen LogP contribution in [-0.2, 0) is 10.8 Å². The van der Waals surface area contributed by atoms with Crippen LogP contribution in [0, 0.1) is 0 Å². The predicted octanol–water partition coefficient (Wildman–Crippen LogP) is 32.6. The van der Waals surface area contributed by atoms with Crippen molar-refractivity contribution in [2.24, 2.45) is 0 Å². The first-order valence-electron chi connectivity index (χ1n) is 41.1. The summed E-state index contributed by atoms with van der Waals surface area (Å²) >= 11 is 0. The molecule has 1 heterocycles. The summed E-state index contributed by atoms with van der Waals surface area (Å²) in [5.74, 6) is 0. The molecule has 23 aromatic rings. The molecule has 0 spiro atoms. The molecule has 0 aliphatic heterocycles. The van der Waals surface area contributed by atoms with Gasteiger partial charge in [-0.3, -0.25) is 0 Å². The Kier molecular flexibility index (Phi) is 14.6. The van der Waals surface area contributed by atoms with Gasteiger partial charge in [0.15, 0.2) is 0 Å². The first kappa shape index (κ1) is 67.0. The van der Waals surface area contributed by atoms with Crippen LogP contribution in [0.5, 0.6) is 0 Å². The van der Waals surface area contributed by atoms with E-state index in [1.54, 1.807) is 0 Å². The largest absolute Gasteiger partial charge is 0.455 e. The zero-order chi connectivity index (χ0) is 77.5. The van der Waals surface area contributed by atoms with Crippen molar-refractivity contribution in [2.75, 3.05) is 0 Å². The van der Waals surface area contributed by atoms with E-state index in [0.29, 0.717) is 0 Å². The van der Waals surface area contributed by atoms with E-state index in [-0.39, 0.29) is 10.8 Å². The Balaban J connectivity index is 0.000000135. The van der Waals surface area contributed by atoms with Crippen molar-refractivity contribution in [1.29, 1.82) is 0 Å². The van der Waals surface area contributed by atoms with Crippen molar-refractivity contribution in [3.8, 4) is 89.0 Å². The number of benzene rings is 22. The lowest BCUT2D eigenvalue weighted by molar-refractivity contribution is 0.668. The summed E-state index contributed by atoms with van der Waals surface area (Å²) in [4.78, 5) is 0. The Labute approximate surface area is 678 Å². The van der Waals surface area contributed by atoms with Crippen LogP contribution >= 0.6 is 0 Å². The van der Waals surface area contributed by atoms with Crippen LogP contribution in [0.4, 0.5) is 0 Å². The fourth-order valence-corrected chi connectivity index (χ4v) is 21.9. The molecule has 1 nitrogen and oxygen atoms in total. The standard InChI is InChI=1S/C61H40.C55H36O/c1-61(2)59-42(31-16-32-53(59)58-47-25-9-5-21-43(47)44-22-7-14-30-52(44)60(58)61)38-18-15-19-39(35-38)56-48-26-10-12-28-50(48)57(51-29-13-11-27-49(51)56)54-36-40-34-33-37-17-3-4-20-41(37)55(40)46-24-8-6-23-45(46)54;1-55(2)52-35(24-13-26-46(52)51-39-18-5-3-15-36(39)37-16-4-10-23-44(37)53(51)55)33-29-31-34(32-30-33)49-40-19-6-8-21-42(40)50(43-22-9-7-20-41(43)49)47-27-14-25-45-38-17-11-12-28-48(38)56-54(45)47/h3-36H,1-2H3;3-32H,1-2H3. The maximum Gasteiger partial charge on any atom is 0.143 e. The fourth-order valence-electron chi connectivity index (χ4n) is 21.9. The highest BCUT2D eigenvalue weighted by Crippen LogP contribution is 2.60. The van der Waals surface area contributed by atoms with Gasteiger partial charge in [-0.15, -0.1) is 0 Å². The average molecular weight is 1490 g/mol. The minimum absolute atomic E-state index is 0.186. The van der Waals surface area contributed by atoms with Crippen molar-refractivity contribution in [1.82, 2.24) is 0 Å². The van der Waals surface area contributed by atoms with Gasteiger partial charge in [-0.25, -0.2) is 0 Å². The van der Waals surface area contributed by atoms with Gasteiger partial charge in [0.1, 0.15) is 11.2 Å². The molecule has 1 aromatic heterocycles. The summed E-state index contributed by atoms with van der Waals surface area (Å²) in [5, 5.41) is 30.6. The highest BCUT2D eigenvalue weighted by atomic mass is 16.3. The monoisotopic (exact) mass is 1480 g/mol. The van der Waals surface area contributed by atoms with Gasteiger partial charge in [0.25, 0.3) is 0 Å². The topological polar surface area (TPSA) is 13.1 Å². The lowest BCUT2D eigenvalue weighted by atomic mass is 9.76. The molecule has 1 heteroatoms. The van der Waals surface area contributed by atoms with E-state index < -0.39 is 0 Å². The summed E-state index contributed by atoms with van der Waals surface area (Å²) in [7, 11) is 0. The second-order valence-corrected chi connectivity index (χ2v) is 33.4. The van der Waals surface area contributed by atoms with Crippen LogP contribution in [0.25, 0.3) is 229 Å². The van der Waals surface area contributed by atoms with Gasteiger partial charge in [-0.05, 0) is 237 Å². The van der Waals surface area contributed by atoms with Gasteiger partial charge in [-0.1, -0.05) is 398 Å². The average Bonchev–Trinajstić information content (AvgIpc) is 1.45. The maximum absolute atomic E-state index is 6.61. The predicted molar refractivity (Wildman–Crippen MR) is 500 cm³/mol. The van der Waals surface area contributed by atoms with E-state index >= 15 is 0 Å². The Morgan fingerprint density at radius 2 is 0.504 bits per heavy atom. The molecule has 22 aromatic carbocycles. The highest BCUT2D eigenvalue weighted by molar-refractivity contribution is 6.30. The van der Waals surface area contributed by atoms with Crippen molar-refractivity contribution < 1.29 is 4.42 Å². The third-order valence-corrected chi connectivity index (χ3v) is 26.5. The Morgan fingerprint density at radius 1 is 0.171 bits per heavy atom. The number of hydrogen-bond acceptors (Lipinski definition) is 1. The smallest absolute Gasteiger partial charge is 0.143 e. The Bertz CT molecular complexity index is 8130. The molecule has 25 rings (SSSR count). The van der Waals surface area contributed by atoms with Crippen molar-refractivity contribution >= 4 is 140 Å². The van der Waals surface area contributed by atoms with Crippen LogP contribution in [0.1, 0.15) is 49.9 Å². The molecule has 0 atom stereocenters. The van der Waals surface area contributed by atoms with Crippen LogP contribution in [0.3, 0.4) is 0 Å². The molecule has 2 aliphatic carbocycles. The third-order valence-electron chi connectivity index (χ3n) is 26.5. The fraction of sp³-hybridized carbons (Fsp3) is 0.0517. The number of fused-ring (bicyclic) bond motifs is 28. The minimum Gasteiger partial charge on any atom is -0.455 e. The molecule has 0 unspecified atom stereocenters. The molecular formula is C116H76O. The van der Waals surface area contributed by atoms with Crippen molar-refractivity contribution in [2.45, 2.75) is 38.5 Å². The molecule has 117 heavy (non-hydrogen) atoms. The summed E-state index contributed by atoms with van der Waals surface area (Å²) in [5.41, 5.74) is 27.5. The summed E-state index contributed by atoms with van der Waals surface area (Å²) in [6, 6.07) is 144. The first-order chi connectivity index (χ1) is 57.6. The van der Waals surface area contributed by atoms with Crippen molar-refractivity contribution in [3.05, 3.63) is 411 Å². The molecule has 0 saturated carbocycles. The maximum atomic E-state index is 6.61. The number of para-hydroxylation sites is 2. The molecule has 0 amide bonds. The van der Waals surface area contributed by atoms with Gasteiger partial charge < -0.3 is 4.42 Å².